The monoisotopic (exact) mass is 426 g/mol. The number of amides is 1. The predicted octanol–water partition coefficient (Wildman–Crippen LogP) is 4.59. The highest BCUT2D eigenvalue weighted by atomic mass is 19.1. The number of anilines is 1. The van der Waals surface area contributed by atoms with E-state index < -0.39 is 0 Å². The summed E-state index contributed by atoms with van der Waals surface area (Å²) in [5.74, 6) is 2.02. The van der Waals surface area contributed by atoms with E-state index in [0.717, 1.165) is 48.8 Å². The quantitative estimate of drug-likeness (QED) is 0.650. The molecule has 0 radical (unpaired) electrons. The third-order valence-corrected chi connectivity index (χ3v) is 6.19. The lowest BCUT2D eigenvalue weighted by molar-refractivity contribution is -0.134. The van der Waals surface area contributed by atoms with E-state index in [0.29, 0.717) is 25.1 Å². The second kappa shape index (κ2) is 10.2. The van der Waals surface area contributed by atoms with Gasteiger partial charge in [-0.1, -0.05) is 52.8 Å². The molecule has 1 atom stereocenters. The molecule has 1 aliphatic rings. The molecule has 31 heavy (non-hydrogen) atoms. The number of halogens is 1. The van der Waals surface area contributed by atoms with Crippen LogP contribution in [0.3, 0.4) is 0 Å². The number of carbonyl (C=O) groups excluding carboxylic acids is 1. The molecule has 0 bridgehead atoms. The zero-order chi connectivity index (χ0) is 22.5. The summed E-state index contributed by atoms with van der Waals surface area (Å²) in [6, 6.07) is 6.92. The molecular weight excluding hydrogens is 391 g/mol. The SMILES string of the molecule is CCc1nc([C@H](C)CC)nc(N2CCN(C(=O)C(C)C)CC2)c1Cc1ccccc1F. The molecule has 0 aliphatic carbocycles. The molecule has 1 aliphatic heterocycles. The van der Waals surface area contributed by atoms with Gasteiger partial charge in [-0.05, 0) is 24.5 Å². The van der Waals surface area contributed by atoms with Crippen molar-refractivity contribution in [2.75, 3.05) is 31.1 Å². The molecule has 1 amide bonds. The van der Waals surface area contributed by atoms with Crippen molar-refractivity contribution in [2.45, 2.75) is 59.8 Å². The number of hydrogen-bond donors (Lipinski definition) is 0. The molecule has 1 saturated heterocycles. The van der Waals surface area contributed by atoms with Crippen molar-refractivity contribution in [3.8, 4) is 0 Å². The maximum absolute atomic E-state index is 14.5. The number of hydrogen-bond acceptors (Lipinski definition) is 4. The highest BCUT2D eigenvalue weighted by Crippen LogP contribution is 2.29. The van der Waals surface area contributed by atoms with Crippen LogP contribution in [0.15, 0.2) is 24.3 Å². The van der Waals surface area contributed by atoms with Crippen LogP contribution in [-0.4, -0.2) is 47.0 Å². The van der Waals surface area contributed by atoms with Gasteiger partial charge in [-0.3, -0.25) is 4.79 Å². The van der Waals surface area contributed by atoms with Gasteiger partial charge >= 0.3 is 0 Å². The van der Waals surface area contributed by atoms with Crippen LogP contribution in [-0.2, 0) is 17.6 Å². The van der Waals surface area contributed by atoms with Crippen LogP contribution in [0.25, 0.3) is 0 Å². The number of nitrogens with zero attached hydrogens (tertiary/aromatic N) is 4. The maximum atomic E-state index is 14.5. The standard InChI is InChI=1S/C25H35FN4O/c1-6-18(5)23-27-22(7-2)20(16-19-10-8-9-11-21(19)26)24(28-23)29-12-14-30(15-13-29)25(31)17(3)4/h8-11,17-18H,6-7,12-16H2,1-5H3/t18-/m1/s1. The van der Waals surface area contributed by atoms with Crippen LogP contribution in [0.4, 0.5) is 10.2 Å². The molecule has 2 heterocycles. The van der Waals surface area contributed by atoms with Gasteiger partial charge in [-0.25, -0.2) is 14.4 Å². The Morgan fingerprint density at radius 3 is 2.32 bits per heavy atom. The maximum Gasteiger partial charge on any atom is 0.225 e. The topological polar surface area (TPSA) is 49.3 Å². The van der Waals surface area contributed by atoms with Gasteiger partial charge in [0.25, 0.3) is 0 Å². The Bertz CT molecular complexity index is 906. The third kappa shape index (κ3) is 5.23. The lowest BCUT2D eigenvalue weighted by atomic mass is 10.00. The van der Waals surface area contributed by atoms with Crippen LogP contribution in [0.5, 0.6) is 0 Å². The van der Waals surface area contributed by atoms with Crippen LogP contribution in [0.1, 0.15) is 69.6 Å². The van der Waals surface area contributed by atoms with Crippen LogP contribution in [0, 0.1) is 11.7 Å². The first-order chi connectivity index (χ1) is 14.8. The van der Waals surface area contributed by atoms with E-state index in [9.17, 15) is 9.18 Å². The molecular formula is C25H35FN4O. The predicted molar refractivity (Wildman–Crippen MR) is 123 cm³/mol. The summed E-state index contributed by atoms with van der Waals surface area (Å²) in [5, 5.41) is 0. The van der Waals surface area contributed by atoms with Crippen molar-refractivity contribution < 1.29 is 9.18 Å². The average molecular weight is 427 g/mol. The minimum atomic E-state index is -0.200. The second-order valence-corrected chi connectivity index (χ2v) is 8.73. The van der Waals surface area contributed by atoms with Crippen LogP contribution in [0.2, 0.25) is 0 Å². The van der Waals surface area contributed by atoms with E-state index in [1.807, 2.05) is 30.9 Å². The molecule has 0 N–H and O–H groups in total. The van der Waals surface area contributed by atoms with Crippen LogP contribution < -0.4 is 4.90 Å². The third-order valence-electron chi connectivity index (χ3n) is 6.19. The van der Waals surface area contributed by atoms with Gasteiger partial charge < -0.3 is 9.80 Å². The highest BCUT2D eigenvalue weighted by molar-refractivity contribution is 5.78. The minimum absolute atomic E-state index is 0.00548. The Morgan fingerprint density at radius 1 is 1.06 bits per heavy atom. The Kier molecular flexibility index (Phi) is 7.63. The number of benzene rings is 1. The molecule has 1 aromatic carbocycles. The molecule has 1 aromatic heterocycles. The highest BCUT2D eigenvalue weighted by Gasteiger charge is 2.27. The van der Waals surface area contributed by atoms with Crippen molar-refractivity contribution >= 4 is 11.7 Å². The normalized spacial score (nSPS) is 15.5. The number of piperazine rings is 1. The van der Waals surface area contributed by atoms with Gasteiger partial charge in [-0.15, -0.1) is 0 Å². The second-order valence-electron chi connectivity index (χ2n) is 8.73. The van der Waals surface area contributed by atoms with Crippen LogP contribution >= 0.6 is 0 Å². The van der Waals surface area contributed by atoms with E-state index in [1.54, 1.807) is 6.07 Å². The lowest BCUT2D eigenvalue weighted by Crippen LogP contribution is -2.50. The summed E-state index contributed by atoms with van der Waals surface area (Å²) >= 11 is 0. The number of aromatic nitrogens is 2. The van der Waals surface area contributed by atoms with E-state index >= 15 is 0 Å². The van der Waals surface area contributed by atoms with E-state index in [-0.39, 0.29) is 23.6 Å². The molecule has 0 spiro atoms. The van der Waals surface area contributed by atoms with Crippen molar-refractivity contribution in [2.24, 2.45) is 5.92 Å². The first-order valence-corrected chi connectivity index (χ1v) is 11.5. The summed E-state index contributed by atoms with van der Waals surface area (Å²) in [7, 11) is 0. The van der Waals surface area contributed by atoms with E-state index in [2.05, 4.69) is 25.7 Å². The summed E-state index contributed by atoms with van der Waals surface area (Å²) < 4.78 is 14.5. The summed E-state index contributed by atoms with van der Waals surface area (Å²) in [6.45, 7) is 13.1. The fourth-order valence-corrected chi connectivity index (χ4v) is 4.01. The zero-order valence-corrected chi connectivity index (χ0v) is 19.5. The molecule has 6 heteroatoms. The Hall–Kier alpha value is -2.50. The molecule has 0 unspecified atom stereocenters. The first kappa shape index (κ1) is 23.2. The molecule has 0 saturated carbocycles. The fraction of sp³-hybridized carbons (Fsp3) is 0.560. The summed E-state index contributed by atoms with van der Waals surface area (Å²) in [6.07, 6.45) is 2.21. The molecule has 1 fully saturated rings. The van der Waals surface area contributed by atoms with Gasteiger partial charge in [0.15, 0.2) is 0 Å². The molecule has 2 aromatic rings. The Morgan fingerprint density at radius 2 is 1.74 bits per heavy atom. The van der Waals surface area contributed by atoms with E-state index in [4.69, 9.17) is 9.97 Å². The van der Waals surface area contributed by atoms with Crippen molar-refractivity contribution in [1.29, 1.82) is 0 Å². The van der Waals surface area contributed by atoms with Gasteiger partial charge in [0.2, 0.25) is 5.91 Å². The lowest BCUT2D eigenvalue weighted by Gasteiger charge is -2.37. The zero-order valence-electron chi connectivity index (χ0n) is 19.5. The average Bonchev–Trinajstić information content (AvgIpc) is 2.79. The van der Waals surface area contributed by atoms with Gasteiger partial charge in [0.1, 0.15) is 17.5 Å². The van der Waals surface area contributed by atoms with Crippen molar-refractivity contribution in [1.82, 2.24) is 14.9 Å². The fourth-order valence-electron chi connectivity index (χ4n) is 4.01. The van der Waals surface area contributed by atoms with Crippen molar-refractivity contribution in [3.05, 3.63) is 52.7 Å². The van der Waals surface area contributed by atoms with Gasteiger partial charge in [0.05, 0.1) is 0 Å². The summed E-state index contributed by atoms with van der Waals surface area (Å²) in [5.41, 5.74) is 2.65. The van der Waals surface area contributed by atoms with Gasteiger partial charge in [-0.2, -0.15) is 0 Å². The number of carbonyl (C=O) groups is 1. The summed E-state index contributed by atoms with van der Waals surface area (Å²) in [4.78, 5) is 26.5. The van der Waals surface area contributed by atoms with Crippen molar-refractivity contribution in [3.63, 3.8) is 0 Å². The smallest absolute Gasteiger partial charge is 0.225 e. The number of rotatable bonds is 7. The largest absolute Gasteiger partial charge is 0.353 e. The van der Waals surface area contributed by atoms with Gasteiger partial charge in [0, 0.05) is 55.7 Å². The minimum Gasteiger partial charge on any atom is -0.353 e. The Balaban J connectivity index is 1.98. The number of aryl methyl sites for hydroxylation is 1. The van der Waals surface area contributed by atoms with E-state index in [1.165, 1.54) is 6.07 Å². The molecule has 5 nitrogen and oxygen atoms in total. The molecule has 168 valence electrons. The molecule has 3 rings (SSSR count). The Labute approximate surface area is 185 Å². The first-order valence-electron chi connectivity index (χ1n) is 11.5.